The van der Waals surface area contributed by atoms with Crippen molar-refractivity contribution < 1.29 is 9.84 Å². The Morgan fingerprint density at radius 1 is 1.11 bits per heavy atom. The highest BCUT2D eigenvalue weighted by Crippen LogP contribution is 2.37. The van der Waals surface area contributed by atoms with Crippen LogP contribution >= 0.6 is 11.3 Å². The third-order valence-electron chi connectivity index (χ3n) is 3.36. The quantitative estimate of drug-likeness (QED) is 0.915. The van der Waals surface area contributed by atoms with Crippen molar-refractivity contribution in [2.24, 2.45) is 0 Å². The van der Waals surface area contributed by atoms with Crippen LogP contribution in [0.3, 0.4) is 0 Å². The van der Waals surface area contributed by atoms with Crippen LogP contribution in [0.1, 0.15) is 38.1 Å². The van der Waals surface area contributed by atoms with Gasteiger partial charge in [-0.2, -0.15) is 0 Å². The van der Waals surface area contributed by atoms with E-state index in [2.05, 4.69) is 19.1 Å². The highest BCUT2D eigenvalue weighted by Gasteiger charge is 2.21. The Bertz CT molecular complexity index is 599. The maximum Gasteiger partial charge on any atom is 0.125 e. The molecule has 3 heteroatoms. The smallest absolute Gasteiger partial charge is 0.125 e. The lowest BCUT2D eigenvalue weighted by Crippen LogP contribution is -2.05. The molecule has 1 unspecified atom stereocenters. The van der Waals surface area contributed by atoms with E-state index in [-0.39, 0.29) is 0 Å². The van der Waals surface area contributed by atoms with Gasteiger partial charge < -0.3 is 9.84 Å². The normalized spacial score (nSPS) is 12.5. The van der Waals surface area contributed by atoms with Crippen LogP contribution in [0.4, 0.5) is 0 Å². The number of hydrogen-bond donors (Lipinski definition) is 1. The first-order valence-corrected chi connectivity index (χ1v) is 7.15. The Morgan fingerprint density at radius 2 is 1.79 bits per heavy atom. The molecule has 1 aromatic heterocycles. The van der Waals surface area contributed by atoms with Crippen LogP contribution < -0.4 is 4.74 Å². The van der Waals surface area contributed by atoms with Gasteiger partial charge in [-0.1, -0.05) is 6.07 Å². The van der Waals surface area contributed by atoms with Gasteiger partial charge in [0, 0.05) is 15.3 Å². The van der Waals surface area contributed by atoms with Gasteiger partial charge in [0.1, 0.15) is 11.9 Å². The van der Waals surface area contributed by atoms with E-state index in [1.54, 1.807) is 18.4 Å². The fourth-order valence-electron chi connectivity index (χ4n) is 2.54. The minimum atomic E-state index is -0.625. The first-order chi connectivity index (χ1) is 8.93. The van der Waals surface area contributed by atoms with Crippen LogP contribution in [-0.2, 0) is 0 Å². The van der Waals surface area contributed by atoms with Crippen molar-refractivity contribution in [3.63, 3.8) is 0 Å². The number of thiophene rings is 1. The summed E-state index contributed by atoms with van der Waals surface area (Å²) in [7, 11) is 1.65. The van der Waals surface area contributed by atoms with Crippen molar-refractivity contribution >= 4 is 11.3 Å². The van der Waals surface area contributed by atoms with E-state index in [0.717, 1.165) is 32.9 Å². The highest BCUT2D eigenvalue weighted by atomic mass is 32.1. The molecule has 2 aromatic rings. The number of benzene rings is 1. The van der Waals surface area contributed by atoms with Gasteiger partial charge in [0.05, 0.1) is 7.11 Å². The molecule has 102 valence electrons. The maximum absolute atomic E-state index is 10.7. The second kappa shape index (κ2) is 5.35. The molecule has 0 saturated heterocycles. The fraction of sp³-hybridized carbons (Fsp3) is 0.375. The molecule has 0 spiro atoms. The number of ether oxygens (including phenoxy) is 1. The minimum absolute atomic E-state index is 0.625. The lowest BCUT2D eigenvalue weighted by molar-refractivity contribution is 0.213. The van der Waals surface area contributed by atoms with E-state index < -0.39 is 6.10 Å². The molecule has 0 bridgehead atoms. The summed E-state index contributed by atoms with van der Waals surface area (Å²) in [5, 5.41) is 10.7. The average Bonchev–Trinajstić information content (AvgIpc) is 2.66. The van der Waals surface area contributed by atoms with E-state index in [4.69, 9.17) is 4.74 Å². The van der Waals surface area contributed by atoms with Crippen LogP contribution in [-0.4, -0.2) is 12.2 Å². The van der Waals surface area contributed by atoms with E-state index >= 15 is 0 Å². The number of aliphatic hydroxyl groups is 1. The van der Waals surface area contributed by atoms with Crippen molar-refractivity contribution in [2.75, 3.05) is 7.11 Å². The molecule has 0 aliphatic rings. The molecule has 0 aliphatic heterocycles. The summed E-state index contributed by atoms with van der Waals surface area (Å²) in [6, 6.07) is 6.11. The van der Waals surface area contributed by atoms with Gasteiger partial charge in [0.25, 0.3) is 0 Å². The molecule has 1 N–H and O–H groups in total. The predicted molar refractivity (Wildman–Crippen MR) is 80.3 cm³/mol. The zero-order valence-electron chi connectivity index (χ0n) is 12.1. The monoisotopic (exact) mass is 276 g/mol. The minimum Gasteiger partial charge on any atom is -0.496 e. The number of aliphatic hydroxyl groups excluding tert-OH is 1. The Balaban J connectivity index is 2.55. The summed E-state index contributed by atoms with van der Waals surface area (Å²) in [5.41, 5.74) is 4.05. The van der Waals surface area contributed by atoms with Gasteiger partial charge in [-0.25, -0.2) is 0 Å². The topological polar surface area (TPSA) is 29.5 Å². The van der Waals surface area contributed by atoms with Crippen molar-refractivity contribution in [3.05, 3.63) is 50.2 Å². The fourth-order valence-corrected chi connectivity index (χ4v) is 3.49. The van der Waals surface area contributed by atoms with Crippen LogP contribution in [0.15, 0.2) is 18.2 Å². The van der Waals surface area contributed by atoms with Crippen LogP contribution in [0.2, 0.25) is 0 Å². The van der Waals surface area contributed by atoms with Crippen LogP contribution in [0.25, 0.3) is 0 Å². The molecule has 0 amide bonds. The number of rotatable bonds is 3. The van der Waals surface area contributed by atoms with E-state index in [0.29, 0.717) is 0 Å². The van der Waals surface area contributed by atoms with Gasteiger partial charge in [0.15, 0.2) is 0 Å². The summed E-state index contributed by atoms with van der Waals surface area (Å²) in [4.78, 5) is 2.38. The van der Waals surface area contributed by atoms with Crippen LogP contribution in [0, 0.1) is 27.7 Å². The van der Waals surface area contributed by atoms with E-state index in [1.807, 2.05) is 26.8 Å². The summed E-state index contributed by atoms with van der Waals surface area (Å²) in [6.07, 6.45) is -0.625. The molecule has 2 rings (SSSR count). The third kappa shape index (κ3) is 2.67. The predicted octanol–water partition coefficient (Wildman–Crippen LogP) is 4.07. The second-order valence-electron chi connectivity index (χ2n) is 4.97. The Labute approximate surface area is 118 Å². The lowest BCUT2D eigenvalue weighted by atomic mass is 9.95. The number of methoxy groups -OCH3 is 1. The van der Waals surface area contributed by atoms with Crippen molar-refractivity contribution in [1.82, 2.24) is 0 Å². The van der Waals surface area contributed by atoms with Crippen molar-refractivity contribution in [2.45, 2.75) is 33.8 Å². The van der Waals surface area contributed by atoms with Gasteiger partial charge in [-0.3, -0.25) is 0 Å². The molecule has 2 nitrogen and oxygen atoms in total. The van der Waals surface area contributed by atoms with Gasteiger partial charge >= 0.3 is 0 Å². The first-order valence-electron chi connectivity index (χ1n) is 6.34. The van der Waals surface area contributed by atoms with Gasteiger partial charge in [0.2, 0.25) is 0 Å². The van der Waals surface area contributed by atoms with Gasteiger partial charge in [-0.15, -0.1) is 11.3 Å². The van der Waals surface area contributed by atoms with Crippen molar-refractivity contribution in [1.29, 1.82) is 0 Å². The molecular formula is C16H20O2S. The summed E-state index contributed by atoms with van der Waals surface area (Å²) in [6.45, 7) is 8.16. The molecule has 0 radical (unpaired) electrons. The Kier molecular flexibility index (Phi) is 3.97. The van der Waals surface area contributed by atoms with Crippen LogP contribution in [0.5, 0.6) is 5.75 Å². The SMILES string of the molecule is COc1cc(C)cc(C)c1C(O)c1cc(C)sc1C. The maximum atomic E-state index is 10.7. The highest BCUT2D eigenvalue weighted by molar-refractivity contribution is 7.12. The van der Waals surface area contributed by atoms with Crippen molar-refractivity contribution in [3.8, 4) is 5.75 Å². The Hall–Kier alpha value is -1.32. The molecule has 1 aromatic carbocycles. The molecule has 1 atom stereocenters. The Morgan fingerprint density at radius 3 is 2.32 bits per heavy atom. The number of hydrogen-bond acceptors (Lipinski definition) is 3. The van der Waals surface area contributed by atoms with Gasteiger partial charge in [-0.05, 0) is 56.5 Å². The largest absolute Gasteiger partial charge is 0.496 e. The second-order valence-corrected chi connectivity index (χ2v) is 6.43. The number of aryl methyl sites for hydroxylation is 4. The molecule has 1 heterocycles. The molecule has 0 fully saturated rings. The first kappa shape index (κ1) is 14.1. The molecule has 19 heavy (non-hydrogen) atoms. The van der Waals surface area contributed by atoms with E-state index in [9.17, 15) is 5.11 Å². The lowest BCUT2D eigenvalue weighted by Gasteiger charge is -2.18. The average molecular weight is 276 g/mol. The standard InChI is InChI=1S/C16H20O2S/c1-9-6-10(2)15(14(7-9)18-5)16(17)13-8-11(3)19-12(13)4/h6-8,16-17H,1-5H3. The van der Waals surface area contributed by atoms with E-state index in [1.165, 1.54) is 4.88 Å². The summed E-state index contributed by atoms with van der Waals surface area (Å²) < 4.78 is 5.44. The zero-order valence-corrected chi connectivity index (χ0v) is 12.9. The zero-order chi connectivity index (χ0) is 14.2. The summed E-state index contributed by atoms with van der Waals surface area (Å²) in [5.74, 6) is 0.758. The molecule has 0 aliphatic carbocycles. The third-order valence-corrected chi connectivity index (χ3v) is 4.34. The molecular weight excluding hydrogens is 256 g/mol. The summed E-state index contributed by atoms with van der Waals surface area (Å²) >= 11 is 1.71. The molecule has 0 saturated carbocycles.